The molecule has 0 atom stereocenters. The van der Waals surface area contributed by atoms with Gasteiger partial charge in [0.25, 0.3) is 0 Å². The van der Waals surface area contributed by atoms with Crippen molar-refractivity contribution in [1.29, 1.82) is 5.26 Å². The molecule has 4 rings (SSSR count). The lowest BCUT2D eigenvalue weighted by Crippen LogP contribution is -2.00. The minimum Gasteiger partial charge on any atom is -0.355 e. The van der Waals surface area contributed by atoms with Crippen molar-refractivity contribution < 1.29 is 0 Å². The molecule has 0 saturated heterocycles. The monoisotopic (exact) mass is 319 g/mol. The molecule has 1 aromatic heterocycles. The van der Waals surface area contributed by atoms with Gasteiger partial charge in [-0.05, 0) is 61.2 Å². The molecule has 0 radical (unpaired) electrons. The van der Waals surface area contributed by atoms with Crippen LogP contribution in [0.15, 0.2) is 42.5 Å². The van der Waals surface area contributed by atoms with Gasteiger partial charge in [0.1, 0.15) is 0 Å². The number of pyridine rings is 1. The molecular formula is C19H14ClN3. The third-order valence-corrected chi connectivity index (χ3v) is 4.47. The van der Waals surface area contributed by atoms with Crippen molar-refractivity contribution in [3.63, 3.8) is 0 Å². The Balaban J connectivity index is 1.91. The molecule has 1 heterocycles. The van der Waals surface area contributed by atoms with Crippen LogP contribution >= 0.6 is 11.6 Å². The number of benzene rings is 2. The molecule has 0 aliphatic heterocycles. The zero-order valence-electron chi connectivity index (χ0n) is 12.4. The lowest BCUT2D eigenvalue weighted by Gasteiger charge is -2.15. The van der Waals surface area contributed by atoms with E-state index in [0.717, 1.165) is 41.5 Å². The van der Waals surface area contributed by atoms with Crippen molar-refractivity contribution in [2.24, 2.45) is 0 Å². The summed E-state index contributed by atoms with van der Waals surface area (Å²) in [6, 6.07) is 15.5. The second kappa shape index (κ2) is 5.57. The number of aromatic nitrogens is 1. The van der Waals surface area contributed by atoms with Gasteiger partial charge in [0.15, 0.2) is 0 Å². The average Bonchev–Trinajstić information content (AvgIpc) is 3.03. The first-order chi connectivity index (χ1) is 11.2. The summed E-state index contributed by atoms with van der Waals surface area (Å²) in [6.07, 6.45) is 3.16. The Bertz CT molecular complexity index is 957. The van der Waals surface area contributed by atoms with E-state index in [2.05, 4.69) is 11.4 Å². The molecule has 1 aliphatic carbocycles. The number of hydrogen-bond donors (Lipinski definition) is 1. The van der Waals surface area contributed by atoms with Gasteiger partial charge in [-0.15, -0.1) is 0 Å². The Morgan fingerprint density at radius 2 is 2.04 bits per heavy atom. The Morgan fingerprint density at radius 1 is 1.13 bits per heavy atom. The average molecular weight is 320 g/mol. The number of hydrogen-bond acceptors (Lipinski definition) is 3. The van der Waals surface area contributed by atoms with E-state index in [1.54, 1.807) is 6.07 Å². The van der Waals surface area contributed by atoms with Crippen LogP contribution in [0, 0.1) is 11.3 Å². The van der Waals surface area contributed by atoms with E-state index >= 15 is 0 Å². The molecule has 0 amide bonds. The van der Waals surface area contributed by atoms with Gasteiger partial charge in [0, 0.05) is 21.8 Å². The Hall–Kier alpha value is -2.57. The van der Waals surface area contributed by atoms with E-state index in [1.807, 2.05) is 36.4 Å². The number of anilines is 2. The zero-order chi connectivity index (χ0) is 15.8. The van der Waals surface area contributed by atoms with Crippen LogP contribution in [0.2, 0.25) is 5.02 Å². The number of fused-ring (bicyclic) bond motifs is 2. The predicted octanol–water partition coefficient (Wildman–Crippen LogP) is 4.99. The van der Waals surface area contributed by atoms with E-state index in [-0.39, 0.29) is 0 Å². The van der Waals surface area contributed by atoms with Gasteiger partial charge in [-0.3, -0.25) is 4.98 Å². The number of aryl methyl sites for hydroxylation is 1. The fourth-order valence-electron chi connectivity index (χ4n) is 3.19. The second-order valence-corrected chi connectivity index (χ2v) is 6.18. The van der Waals surface area contributed by atoms with Crippen molar-refractivity contribution >= 4 is 33.9 Å². The smallest absolute Gasteiger partial charge is 0.0992 e. The summed E-state index contributed by atoms with van der Waals surface area (Å²) < 4.78 is 0. The van der Waals surface area contributed by atoms with E-state index in [1.165, 1.54) is 11.3 Å². The van der Waals surface area contributed by atoms with Gasteiger partial charge in [-0.25, -0.2) is 0 Å². The summed E-state index contributed by atoms with van der Waals surface area (Å²) in [4.78, 5) is 4.78. The first kappa shape index (κ1) is 14.0. The van der Waals surface area contributed by atoms with E-state index in [4.69, 9.17) is 21.8 Å². The van der Waals surface area contributed by atoms with Crippen molar-refractivity contribution in [3.05, 3.63) is 64.3 Å². The van der Waals surface area contributed by atoms with Gasteiger partial charge < -0.3 is 5.32 Å². The van der Waals surface area contributed by atoms with Crippen molar-refractivity contribution in [2.75, 3.05) is 5.32 Å². The van der Waals surface area contributed by atoms with Crippen LogP contribution < -0.4 is 5.32 Å². The first-order valence-corrected chi connectivity index (χ1v) is 8.00. The highest BCUT2D eigenvalue weighted by molar-refractivity contribution is 6.31. The fourth-order valence-corrected chi connectivity index (χ4v) is 3.36. The summed E-state index contributed by atoms with van der Waals surface area (Å²) in [5.41, 5.74) is 6.00. The molecule has 2 aromatic carbocycles. The van der Waals surface area contributed by atoms with Crippen molar-refractivity contribution in [2.45, 2.75) is 19.3 Å². The van der Waals surface area contributed by atoms with Crippen LogP contribution in [0.3, 0.4) is 0 Å². The summed E-state index contributed by atoms with van der Waals surface area (Å²) >= 11 is 6.19. The molecule has 1 aliphatic rings. The van der Waals surface area contributed by atoms with Crippen molar-refractivity contribution in [1.82, 2.24) is 4.98 Å². The highest BCUT2D eigenvalue weighted by Gasteiger charge is 2.20. The molecule has 3 aromatic rings. The van der Waals surface area contributed by atoms with Gasteiger partial charge in [-0.2, -0.15) is 5.26 Å². The summed E-state index contributed by atoms with van der Waals surface area (Å²) in [5, 5.41) is 14.3. The van der Waals surface area contributed by atoms with Crippen LogP contribution in [-0.2, 0) is 12.8 Å². The molecular weight excluding hydrogens is 306 g/mol. The molecule has 0 bridgehead atoms. The third kappa shape index (κ3) is 2.52. The Morgan fingerprint density at radius 3 is 2.91 bits per heavy atom. The molecule has 3 nitrogen and oxygen atoms in total. The van der Waals surface area contributed by atoms with E-state index < -0.39 is 0 Å². The summed E-state index contributed by atoms with van der Waals surface area (Å²) in [7, 11) is 0. The Labute approximate surface area is 139 Å². The number of halogens is 1. The molecule has 23 heavy (non-hydrogen) atoms. The quantitative estimate of drug-likeness (QED) is 0.723. The highest BCUT2D eigenvalue weighted by atomic mass is 35.5. The summed E-state index contributed by atoms with van der Waals surface area (Å²) in [5.74, 6) is 0. The zero-order valence-corrected chi connectivity index (χ0v) is 13.2. The first-order valence-electron chi connectivity index (χ1n) is 7.63. The maximum absolute atomic E-state index is 9.09. The molecule has 0 saturated carbocycles. The maximum atomic E-state index is 9.09. The van der Waals surface area contributed by atoms with Gasteiger partial charge in [0.05, 0.1) is 22.8 Å². The molecule has 0 unspecified atom stereocenters. The van der Waals surface area contributed by atoms with Gasteiger partial charge in [0.2, 0.25) is 0 Å². The van der Waals surface area contributed by atoms with Gasteiger partial charge in [-0.1, -0.05) is 17.7 Å². The number of nitrogens with zero attached hydrogens (tertiary/aromatic N) is 2. The Kier molecular flexibility index (Phi) is 3.40. The molecule has 1 N–H and O–H groups in total. The van der Waals surface area contributed by atoms with Gasteiger partial charge >= 0.3 is 0 Å². The topological polar surface area (TPSA) is 48.7 Å². The maximum Gasteiger partial charge on any atom is 0.0992 e. The van der Waals surface area contributed by atoms with E-state index in [0.29, 0.717) is 10.6 Å². The second-order valence-electron chi connectivity index (χ2n) is 5.74. The SMILES string of the molecule is N#Cc1cccc(Nc2c3c(nc4ccc(Cl)cc24)CCC3)c1. The lowest BCUT2D eigenvalue weighted by atomic mass is 10.1. The molecule has 0 fully saturated rings. The minimum atomic E-state index is 0.642. The largest absolute Gasteiger partial charge is 0.355 e. The minimum absolute atomic E-state index is 0.642. The molecule has 4 heteroatoms. The standard InChI is InChI=1S/C19H14ClN3/c20-13-7-8-18-16(10-13)19(15-5-2-6-17(15)23-18)22-14-4-1-3-12(9-14)11-21/h1,3-4,7-10H,2,5-6H2,(H,22,23). The lowest BCUT2D eigenvalue weighted by molar-refractivity contribution is 0.901. The van der Waals surface area contributed by atoms with Crippen LogP contribution in [0.5, 0.6) is 0 Å². The van der Waals surface area contributed by atoms with E-state index in [9.17, 15) is 0 Å². The van der Waals surface area contributed by atoms with Crippen molar-refractivity contribution in [3.8, 4) is 6.07 Å². The molecule has 112 valence electrons. The van der Waals surface area contributed by atoms with Crippen LogP contribution in [-0.4, -0.2) is 4.98 Å². The van der Waals surface area contributed by atoms with Crippen LogP contribution in [0.1, 0.15) is 23.2 Å². The number of rotatable bonds is 2. The number of nitriles is 1. The predicted molar refractivity (Wildman–Crippen MR) is 93.2 cm³/mol. The van der Waals surface area contributed by atoms with Crippen LogP contribution in [0.25, 0.3) is 10.9 Å². The molecule has 0 spiro atoms. The van der Waals surface area contributed by atoms with Crippen LogP contribution in [0.4, 0.5) is 11.4 Å². The third-order valence-electron chi connectivity index (χ3n) is 4.23. The fraction of sp³-hybridized carbons (Fsp3) is 0.158. The number of nitrogens with one attached hydrogen (secondary N) is 1. The normalized spacial score (nSPS) is 12.9. The highest BCUT2D eigenvalue weighted by Crippen LogP contribution is 2.36. The summed E-state index contributed by atoms with van der Waals surface area (Å²) in [6.45, 7) is 0.